The molecule has 2 aromatic rings. The number of nitrogens with one attached hydrogen (secondary N) is 1. The number of carboxylic acid groups (broad SMARTS) is 1. The first kappa shape index (κ1) is 20.5. The third-order valence-electron chi connectivity index (χ3n) is 5.01. The number of carboxylic acids is 1. The van der Waals surface area contributed by atoms with Gasteiger partial charge in [0.2, 0.25) is 11.8 Å². The number of aliphatic hydroxyl groups excluding tert-OH is 1. The van der Waals surface area contributed by atoms with Gasteiger partial charge in [-0.1, -0.05) is 42.5 Å². The fraction of sp³-hybridized carbons (Fsp3) is 0.333. The van der Waals surface area contributed by atoms with E-state index in [4.69, 9.17) is 5.11 Å². The summed E-state index contributed by atoms with van der Waals surface area (Å²) in [5.74, 6) is -2.19. The lowest BCUT2D eigenvalue weighted by molar-refractivity contribution is -0.141. The first-order valence-electron chi connectivity index (χ1n) is 9.30. The quantitative estimate of drug-likeness (QED) is 0.584. The Balaban J connectivity index is 1.75. The Bertz CT molecular complexity index is 938. The van der Waals surface area contributed by atoms with Crippen LogP contribution in [0.3, 0.4) is 0 Å². The minimum Gasteiger partial charge on any atom is -0.481 e. The van der Waals surface area contributed by atoms with Crippen molar-refractivity contribution in [3.05, 3.63) is 48.0 Å². The summed E-state index contributed by atoms with van der Waals surface area (Å²) in [5.41, 5.74) is 0.810. The number of fused-ring (bicyclic) bond motifs is 1. The highest BCUT2D eigenvalue weighted by atomic mass is 16.4. The average molecular weight is 398 g/mol. The predicted molar refractivity (Wildman–Crippen MR) is 104 cm³/mol. The normalized spacial score (nSPS) is 19.7. The van der Waals surface area contributed by atoms with Crippen LogP contribution in [0.25, 0.3) is 10.8 Å². The monoisotopic (exact) mass is 398 g/mol. The van der Waals surface area contributed by atoms with Crippen LogP contribution >= 0.6 is 0 Å². The molecule has 3 N–H and O–H groups in total. The highest BCUT2D eigenvalue weighted by Gasteiger charge is 2.39. The molecule has 0 unspecified atom stereocenters. The number of β-amino-alcohol motifs (C(OH)–C–C–N with tert-alkyl or cyclic N) is 1. The molecule has 3 rings (SSSR count). The van der Waals surface area contributed by atoms with Crippen LogP contribution in [0.4, 0.5) is 0 Å². The molecule has 29 heavy (non-hydrogen) atoms. The van der Waals surface area contributed by atoms with Crippen molar-refractivity contribution in [2.45, 2.75) is 37.5 Å². The standard InChI is InChI=1S/C21H22N2O6/c24-12-15(9-20(27)28)22-21(29)18-10-16(25)11-23(18)19(26)8-14-6-3-5-13-4-1-2-7-17(13)14/h1-7,12,15-16,18,25H,8-11H2,(H,22,29)(H,27,28)/t15-,16+,18-/m0/s1. The van der Waals surface area contributed by atoms with E-state index in [0.717, 1.165) is 16.3 Å². The van der Waals surface area contributed by atoms with E-state index in [0.29, 0.717) is 6.29 Å². The third-order valence-corrected chi connectivity index (χ3v) is 5.01. The van der Waals surface area contributed by atoms with Crippen molar-refractivity contribution < 1.29 is 29.4 Å². The molecule has 0 aromatic heterocycles. The SMILES string of the molecule is O=C[C@H](CC(=O)O)NC(=O)[C@@H]1C[C@@H](O)CN1C(=O)Cc1cccc2ccccc12. The molecule has 3 atom stereocenters. The van der Waals surface area contributed by atoms with E-state index in [1.54, 1.807) is 0 Å². The molecule has 8 heteroatoms. The molecule has 1 heterocycles. The summed E-state index contributed by atoms with van der Waals surface area (Å²) in [7, 11) is 0. The number of aliphatic carboxylic acids is 1. The maximum Gasteiger partial charge on any atom is 0.305 e. The largest absolute Gasteiger partial charge is 0.481 e. The number of hydrogen-bond donors (Lipinski definition) is 3. The highest BCUT2D eigenvalue weighted by molar-refractivity contribution is 5.93. The van der Waals surface area contributed by atoms with E-state index in [2.05, 4.69) is 5.32 Å². The van der Waals surface area contributed by atoms with E-state index < -0.39 is 36.5 Å². The van der Waals surface area contributed by atoms with Gasteiger partial charge in [-0.3, -0.25) is 14.4 Å². The number of benzene rings is 2. The summed E-state index contributed by atoms with van der Waals surface area (Å²) in [6, 6.07) is 11.2. The van der Waals surface area contributed by atoms with E-state index >= 15 is 0 Å². The van der Waals surface area contributed by atoms with Crippen molar-refractivity contribution in [2.24, 2.45) is 0 Å². The average Bonchev–Trinajstić information content (AvgIpc) is 3.09. The van der Waals surface area contributed by atoms with Crippen molar-refractivity contribution in [1.82, 2.24) is 10.2 Å². The predicted octanol–water partition coefficient (Wildman–Crippen LogP) is 0.503. The minimum atomic E-state index is -1.22. The molecule has 0 aliphatic carbocycles. The summed E-state index contributed by atoms with van der Waals surface area (Å²) in [4.78, 5) is 48.6. The summed E-state index contributed by atoms with van der Waals surface area (Å²) in [6.07, 6.45) is -0.972. The van der Waals surface area contributed by atoms with Gasteiger partial charge in [0.1, 0.15) is 12.3 Å². The van der Waals surface area contributed by atoms with E-state index in [-0.39, 0.29) is 25.3 Å². The van der Waals surface area contributed by atoms with Crippen molar-refractivity contribution in [1.29, 1.82) is 0 Å². The van der Waals surface area contributed by atoms with Crippen LogP contribution in [-0.4, -0.2) is 63.9 Å². The number of nitrogens with zero attached hydrogens (tertiary/aromatic N) is 1. The molecule has 1 aliphatic heterocycles. The Kier molecular flexibility index (Phi) is 6.23. The number of aliphatic hydroxyl groups is 1. The lowest BCUT2D eigenvalue weighted by atomic mass is 10.0. The molecule has 1 fully saturated rings. The first-order valence-corrected chi connectivity index (χ1v) is 9.30. The molecule has 0 spiro atoms. The van der Waals surface area contributed by atoms with Gasteiger partial charge >= 0.3 is 5.97 Å². The molecule has 152 valence electrons. The molecule has 0 saturated carbocycles. The van der Waals surface area contributed by atoms with Crippen LogP contribution in [0.2, 0.25) is 0 Å². The van der Waals surface area contributed by atoms with Gasteiger partial charge in [0, 0.05) is 13.0 Å². The molecule has 8 nitrogen and oxygen atoms in total. The van der Waals surface area contributed by atoms with Crippen LogP contribution in [-0.2, 0) is 25.6 Å². The van der Waals surface area contributed by atoms with Gasteiger partial charge in [0.15, 0.2) is 0 Å². The zero-order chi connectivity index (χ0) is 21.0. The fourth-order valence-electron chi connectivity index (χ4n) is 3.65. The summed E-state index contributed by atoms with van der Waals surface area (Å²) < 4.78 is 0. The lowest BCUT2D eigenvalue weighted by Gasteiger charge is -2.25. The van der Waals surface area contributed by atoms with E-state index in [1.807, 2.05) is 42.5 Å². The third kappa shape index (κ3) is 4.78. The Morgan fingerprint density at radius 1 is 1.17 bits per heavy atom. The molecule has 2 amide bonds. The molecule has 1 aliphatic rings. The Morgan fingerprint density at radius 2 is 1.90 bits per heavy atom. The number of amides is 2. The molecule has 1 saturated heterocycles. The summed E-state index contributed by atoms with van der Waals surface area (Å²) in [5, 5.41) is 23.1. The Morgan fingerprint density at radius 3 is 2.62 bits per heavy atom. The summed E-state index contributed by atoms with van der Waals surface area (Å²) >= 11 is 0. The number of rotatable bonds is 7. The fourth-order valence-corrected chi connectivity index (χ4v) is 3.65. The minimum absolute atomic E-state index is 0.00632. The summed E-state index contributed by atoms with van der Waals surface area (Å²) in [6.45, 7) is 0.00632. The van der Waals surface area contributed by atoms with Crippen LogP contribution in [0, 0.1) is 0 Å². The van der Waals surface area contributed by atoms with Gasteiger partial charge in [-0.15, -0.1) is 0 Å². The van der Waals surface area contributed by atoms with Crippen LogP contribution in [0.1, 0.15) is 18.4 Å². The van der Waals surface area contributed by atoms with Crippen molar-refractivity contribution in [2.75, 3.05) is 6.54 Å². The van der Waals surface area contributed by atoms with Gasteiger partial charge in [-0.2, -0.15) is 0 Å². The number of likely N-dealkylation sites (tertiary alicyclic amines) is 1. The van der Waals surface area contributed by atoms with Gasteiger partial charge in [0.05, 0.1) is 25.0 Å². The Labute approximate surface area is 167 Å². The second kappa shape index (κ2) is 8.83. The number of hydrogen-bond acceptors (Lipinski definition) is 5. The van der Waals surface area contributed by atoms with Crippen molar-refractivity contribution >= 4 is 34.8 Å². The second-order valence-electron chi connectivity index (χ2n) is 7.12. The molecular weight excluding hydrogens is 376 g/mol. The molecular formula is C21H22N2O6. The maximum atomic E-state index is 12.9. The highest BCUT2D eigenvalue weighted by Crippen LogP contribution is 2.23. The van der Waals surface area contributed by atoms with Gasteiger partial charge in [-0.05, 0) is 16.3 Å². The van der Waals surface area contributed by atoms with Crippen LogP contribution in [0.15, 0.2) is 42.5 Å². The molecule has 0 bridgehead atoms. The van der Waals surface area contributed by atoms with Crippen LogP contribution in [0.5, 0.6) is 0 Å². The van der Waals surface area contributed by atoms with Gasteiger partial charge in [-0.25, -0.2) is 0 Å². The van der Waals surface area contributed by atoms with Gasteiger partial charge in [0.25, 0.3) is 0 Å². The van der Waals surface area contributed by atoms with E-state index in [9.17, 15) is 24.3 Å². The smallest absolute Gasteiger partial charge is 0.305 e. The number of aldehydes is 1. The maximum absolute atomic E-state index is 12.9. The molecule has 0 radical (unpaired) electrons. The number of carbonyl (C=O) groups excluding carboxylic acids is 3. The lowest BCUT2D eigenvalue weighted by Crippen LogP contribution is -2.50. The number of carbonyl (C=O) groups is 4. The first-order chi connectivity index (χ1) is 13.9. The topological polar surface area (TPSA) is 124 Å². The van der Waals surface area contributed by atoms with Crippen molar-refractivity contribution in [3.63, 3.8) is 0 Å². The van der Waals surface area contributed by atoms with E-state index in [1.165, 1.54) is 4.90 Å². The second-order valence-corrected chi connectivity index (χ2v) is 7.12. The zero-order valence-electron chi connectivity index (χ0n) is 15.7. The Hall–Kier alpha value is -3.26. The van der Waals surface area contributed by atoms with Crippen molar-refractivity contribution in [3.8, 4) is 0 Å². The van der Waals surface area contributed by atoms with Gasteiger partial charge < -0.3 is 25.2 Å². The molecule has 2 aromatic carbocycles. The van der Waals surface area contributed by atoms with Crippen LogP contribution < -0.4 is 5.32 Å². The zero-order valence-corrected chi connectivity index (χ0v) is 15.7.